The minimum atomic E-state index is -0.257. The summed E-state index contributed by atoms with van der Waals surface area (Å²) in [4.78, 5) is 28.3. The number of benzene rings is 2. The molecule has 2 aromatic carbocycles. The fourth-order valence-corrected chi connectivity index (χ4v) is 3.33. The molecular formula is C21H24ClN3O3. The van der Waals surface area contributed by atoms with Gasteiger partial charge in [-0.15, -0.1) is 0 Å². The van der Waals surface area contributed by atoms with Crippen LogP contribution in [0.4, 0.5) is 11.4 Å². The molecule has 1 fully saturated rings. The Morgan fingerprint density at radius 2 is 1.79 bits per heavy atom. The topological polar surface area (TPSA) is 61.9 Å². The van der Waals surface area contributed by atoms with Crippen LogP contribution < -0.4 is 15.0 Å². The number of nitrogens with one attached hydrogen (secondary N) is 1. The van der Waals surface area contributed by atoms with Gasteiger partial charge < -0.3 is 19.9 Å². The van der Waals surface area contributed by atoms with Crippen LogP contribution in [0.3, 0.4) is 0 Å². The number of piperazine rings is 1. The molecule has 2 aromatic rings. The van der Waals surface area contributed by atoms with E-state index in [1.54, 1.807) is 24.3 Å². The van der Waals surface area contributed by atoms with Gasteiger partial charge in [0.15, 0.2) is 6.61 Å². The van der Waals surface area contributed by atoms with Crippen molar-refractivity contribution in [1.29, 1.82) is 0 Å². The SMILES string of the molecule is CCC(=O)N1CCN(c2ccc(Cl)cc2NC(=O)COc2ccccc2)CC1. The van der Waals surface area contributed by atoms with E-state index in [4.69, 9.17) is 16.3 Å². The molecule has 3 rings (SSSR count). The lowest BCUT2D eigenvalue weighted by atomic mass is 10.2. The summed E-state index contributed by atoms with van der Waals surface area (Å²) in [5, 5.41) is 3.44. The van der Waals surface area contributed by atoms with Crippen molar-refractivity contribution in [2.45, 2.75) is 13.3 Å². The highest BCUT2D eigenvalue weighted by atomic mass is 35.5. The van der Waals surface area contributed by atoms with Gasteiger partial charge in [0.25, 0.3) is 5.91 Å². The molecule has 1 aliphatic heterocycles. The maximum Gasteiger partial charge on any atom is 0.262 e. The molecule has 0 aliphatic carbocycles. The van der Waals surface area contributed by atoms with Crippen LogP contribution in [0, 0.1) is 0 Å². The molecular weight excluding hydrogens is 378 g/mol. The van der Waals surface area contributed by atoms with Crippen LogP contribution in [-0.4, -0.2) is 49.5 Å². The zero-order chi connectivity index (χ0) is 19.9. The Morgan fingerprint density at radius 3 is 2.46 bits per heavy atom. The fourth-order valence-electron chi connectivity index (χ4n) is 3.16. The molecule has 0 unspecified atom stereocenters. The van der Waals surface area contributed by atoms with Crippen LogP contribution in [0.1, 0.15) is 13.3 Å². The molecule has 28 heavy (non-hydrogen) atoms. The van der Waals surface area contributed by atoms with Crippen LogP contribution in [0.5, 0.6) is 5.75 Å². The molecule has 0 radical (unpaired) electrons. The van der Waals surface area contributed by atoms with Crippen LogP contribution in [0.2, 0.25) is 5.02 Å². The van der Waals surface area contributed by atoms with E-state index in [1.807, 2.05) is 36.1 Å². The first-order valence-corrected chi connectivity index (χ1v) is 9.74. The van der Waals surface area contributed by atoms with Crippen LogP contribution >= 0.6 is 11.6 Å². The van der Waals surface area contributed by atoms with E-state index >= 15 is 0 Å². The minimum Gasteiger partial charge on any atom is -0.484 e. The number of hydrogen-bond donors (Lipinski definition) is 1. The third-order valence-corrected chi connectivity index (χ3v) is 4.86. The number of anilines is 2. The molecule has 0 spiro atoms. The first kappa shape index (κ1) is 20.0. The Hall–Kier alpha value is -2.73. The summed E-state index contributed by atoms with van der Waals surface area (Å²) < 4.78 is 5.51. The maximum atomic E-state index is 12.4. The lowest BCUT2D eigenvalue weighted by Gasteiger charge is -2.37. The molecule has 6 nitrogen and oxygen atoms in total. The summed E-state index contributed by atoms with van der Waals surface area (Å²) in [6.07, 6.45) is 0.518. The molecule has 0 atom stereocenters. The number of carbonyl (C=O) groups is 2. The van der Waals surface area contributed by atoms with Gasteiger partial charge in [-0.05, 0) is 30.3 Å². The Bertz CT molecular complexity index is 821. The van der Waals surface area contributed by atoms with E-state index in [1.165, 1.54) is 0 Å². The molecule has 1 saturated heterocycles. The predicted molar refractivity (Wildman–Crippen MR) is 111 cm³/mol. The number of carbonyl (C=O) groups excluding carboxylic acids is 2. The molecule has 1 N–H and O–H groups in total. The van der Waals surface area contributed by atoms with Crippen molar-refractivity contribution in [3.05, 3.63) is 53.6 Å². The Morgan fingerprint density at radius 1 is 1.07 bits per heavy atom. The van der Waals surface area contributed by atoms with Gasteiger partial charge in [0.1, 0.15) is 5.75 Å². The van der Waals surface area contributed by atoms with Crippen LogP contribution in [-0.2, 0) is 9.59 Å². The van der Waals surface area contributed by atoms with Gasteiger partial charge in [0.2, 0.25) is 5.91 Å². The highest BCUT2D eigenvalue weighted by Crippen LogP contribution is 2.30. The van der Waals surface area contributed by atoms with E-state index < -0.39 is 0 Å². The van der Waals surface area contributed by atoms with Gasteiger partial charge in [-0.2, -0.15) is 0 Å². The molecule has 1 heterocycles. The standard InChI is InChI=1S/C21H24ClN3O3/c1-2-21(27)25-12-10-24(11-13-25)19-9-8-16(22)14-18(19)23-20(26)15-28-17-6-4-3-5-7-17/h3-9,14H,2,10-13,15H2,1H3,(H,23,26). The fraction of sp³-hybridized carbons (Fsp3) is 0.333. The lowest BCUT2D eigenvalue weighted by molar-refractivity contribution is -0.131. The van der Waals surface area contributed by atoms with Gasteiger partial charge in [0, 0.05) is 37.6 Å². The zero-order valence-corrected chi connectivity index (χ0v) is 16.6. The molecule has 0 aromatic heterocycles. The highest BCUT2D eigenvalue weighted by Gasteiger charge is 2.22. The number of para-hydroxylation sites is 1. The second-order valence-electron chi connectivity index (χ2n) is 6.53. The third kappa shape index (κ3) is 5.16. The summed E-state index contributed by atoms with van der Waals surface area (Å²) in [7, 11) is 0. The third-order valence-electron chi connectivity index (χ3n) is 4.62. The highest BCUT2D eigenvalue weighted by molar-refractivity contribution is 6.31. The number of hydrogen-bond acceptors (Lipinski definition) is 4. The Labute approximate surface area is 170 Å². The van der Waals surface area contributed by atoms with Crippen molar-refractivity contribution < 1.29 is 14.3 Å². The van der Waals surface area contributed by atoms with E-state index in [0.29, 0.717) is 49.1 Å². The van der Waals surface area contributed by atoms with Crippen LogP contribution in [0.15, 0.2) is 48.5 Å². The summed E-state index contributed by atoms with van der Waals surface area (Å²) in [5.41, 5.74) is 1.53. The molecule has 7 heteroatoms. The first-order valence-electron chi connectivity index (χ1n) is 9.37. The van der Waals surface area contributed by atoms with Crippen molar-refractivity contribution >= 4 is 34.8 Å². The minimum absolute atomic E-state index is 0.0885. The summed E-state index contributed by atoms with van der Waals surface area (Å²) in [6, 6.07) is 14.6. The quantitative estimate of drug-likeness (QED) is 0.805. The smallest absolute Gasteiger partial charge is 0.262 e. The lowest BCUT2D eigenvalue weighted by Crippen LogP contribution is -2.48. The zero-order valence-electron chi connectivity index (χ0n) is 15.9. The van der Waals surface area contributed by atoms with Crippen LogP contribution in [0.25, 0.3) is 0 Å². The van der Waals surface area contributed by atoms with Gasteiger partial charge in [0.05, 0.1) is 11.4 Å². The van der Waals surface area contributed by atoms with Crippen molar-refractivity contribution in [2.75, 3.05) is 43.0 Å². The number of nitrogens with zero attached hydrogens (tertiary/aromatic N) is 2. The van der Waals surface area contributed by atoms with Gasteiger partial charge in [-0.25, -0.2) is 0 Å². The number of rotatable bonds is 6. The van der Waals surface area contributed by atoms with E-state index in [0.717, 1.165) is 5.69 Å². The predicted octanol–water partition coefficient (Wildman–Crippen LogP) is 3.42. The number of amides is 2. The van der Waals surface area contributed by atoms with Crippen molar-refractivity contribution in [3.8, 4) is 5.75 Å². The van der Waals surface area contributed by atoms with Gasteiger partial charge >= 0.3 is 0 Å². The summed E-state index contributed by atoms with van der Waals surface area (Å²) in [5.74, 6) is 0.551. The maximum absolute atomic E-state index is 12.4. The number of ether oxygens (including phenoxy) is 1. The largest absolute Gasteiger partial charge is 0.484 e. The Balaban J connectivity index is 1.64. The first-order chi connectivity index (χ1) is 13.6. The van der Waals surface area contributed by atoms with E-state index in [2.05, 4.69) is 10.2 Å². The molecule has 0 bridgehead atoms. The second kappa shape index (κ2) is 9.46. The molecule has 2 amide bonds. The molecule has 1 aliphatic rings. The normalized spacial score (nSPS) is 13.9. The van der Waals surface area contributed by atoms with Gasteiger partial charge in [-0.1, -0.05) is 36.7 Å². The number of halogens is 1. The average molecular weight is 402 g/mol. The van der Waals surface area contributed by atoms with E-state index in [9.17, 15) is 9.59 Å². The second-order valence-corrected chi connectivity index (χ2v) is 6.97. The summed E-state index contributed by atoms with van der Waals surface area (Å²) in [6.45, 7) is 4.53. The van der Waals surface area contributed by atoms with E-state index in [-0.39, 0.29) is 18.4 Å². The van der Waals surface area contributed by atoms with Crippen molar-refractivity contribution in [2.24, 2.45) is 0 Å². The van der Waals surface area contributed by atoms with Gasteiger partial charge in [-0.3, -0.25) is 9.59 Å². The molecule has 148 valence electrons. The monoisotopic (exact) mass is 401 g/mol. The Kier molecular flexibility index (Phi) is 6.76. The summed E-state index contributed by atoms with van der Waals surface area (Å²) >= 11 is 6.14. The molecule has 0 saturated carbocycles. The van der Waals surface area contributed by atoms with Crippen molar-refractivity contribution in [3.63, 3.8) is 0 Å². The van der Waals surface area contributed by atoms with Crippen molar-refractivity contribution in [1.82, 2.24) is 4.90 Å². The average Bonchev–Trinajstić information content (AvgIpc) is 2.73.